The molecule has 94 valence electrons. The number of hydrogen-bond acceptors (Lipinski definition) is 0. The van der Waals surface area contributed by atoms with Crippen LogP contribution in [0.1, 0.15) is 6.92 Å². The Morgan fingerprint density at radius 3 is 0.944 bits per heavy atom. The van der Waals surface area contributed by atoms with Crippen molar-refractivity contribution in [3.8, 4) is 0 Å². The number of rotatable bonds is 0. The van der Waals surface area contributed by atoms with Gasteiger partial charge in [-0.1, -0.05) is 0 Å². The van der Waals surface area contributed by atoms with E-state index in [1.54, 1.807) is 0 Å². The van der Waals surface area contributed by atoms with E-state index in [4.69, 9.17) is 29.8 Å². The van der Waals surface area contributed by atoms with Gasteiger partial charge in [-0.25, -0.2) is 13.6 Å². The van der Waals surface area contributed by atoms with E-state index in [0.29, 0.717) is 0 Å². The van der Waals surface area contributed by atoms with E-state index < -0.39 is 11.8 Å². The Kier molecular flexibility index (Phi) is 272. The summed E-state index contributed by atoms with van der Waals surface area (Å²) >= 11 is 0. The van der Waals surface area contributed by atoms with Crippen molar-refractivity contribution in [2.75, 3.05) is 0 Å². The van der Waals surface area contributed by atoms with Gasteiger partial charge in [0.05, 0.1) is 6.57 Å². The second kappa shape index (κ2) is 111. The van der Waals surface area contributed by atoms with Crippen LogP contribution in [0.25, 0.3) is 4.85 Å². The molecular weight excluding hydrogens is 292 g/mol. The summed E-state index contributed by atoms with van der Waals surface area (Å²) in [5.74, 6) is -2.42. The van der Waals surface area contributed by atoms with Gasteiger partial charge in [-0.2, -0.15) is 0 Å². The van der Waals surface area contributed by atoms with Gasteiger partial charge < -0.3 is 0 Å². The van der Waals surface area contributed by atoms with Crippen LogP contribution in [0.4, 0.5) is 8.78 Å². The van der Waals surface area contributed by atoms with Crippen LogP contribution in [0.5, 0.6) is 0 Å². The molecule has 0 radical (unpaired) electrons. The third-order valence-corrected chi connectivity index (χ3v) is 0.382. The molecule has 0 rings (SSSR count). The molecule has 9 heteroatoms. The summed E-state index contributed by atoms with van der Waals surface area (Å²) in [5.41, 5.74) is 0. The standard InChI is InChI=1S/C4H3F2N.5CO.Cr/c1-3(5)4(6)7-2;5*1-2;/h1H3;;;;;;/b4-3+;;;;;;. The fourth-order valence-corrected chi connectivity index (χ4v) is 0.0770. The fourth-order valence-electron chi connectivity index (χ4n) is 0.0770. The number of hydrogen-bond donors (Lipinski definition) is 0. The van der Waals surface area contributed by atoms with E-state index in [9.17, 15) is 8.78 Å². The van der Waals surface area contributed by atoms with Gasteiger partial charge in [-0.05, 0) is 6.92 Å². The van der Waals surface area contributed by atoms with E-state index in [-0.39, 0.29) is 17.4 Å². The Labute approximate surface area is 113 Å². The zero-order chi connectivity index (χ0) is 15.9. The fraction of sp³-hybridized carbons (Fsp3) is 0.111. The van der Waals surface area contributed by atoms with Crippen molar-refractivity contribution in [3.05, 3.63) is 56.4 Å². The molecule has 0 heterocycles. The second-order valence-corrected chi connectivity index (χ2v) is 0.936. The van der Waals surface area contributed by atoms with Crippen molar-refractivity contribution >= 4 is 0 Å². The first-order chi connectivity index (χ1) is 8.18. The number of halogens is 2. The molecule has 0 aliphatic heterocycles. The maximum Gasteiger partial charge on any atom is 0 e. The van der Waals surface area contributed by atoms with Crippen molar-refractivity contribution in [3.63, 3.8) is 0 Å². The van der Waals surface area contributed by atoms with Crippen molar-refractivity contribution in [2.24, 2.45) is 0 Å². The summed E-state index contributed by atoms with van der Waals surface area (Å²) in [6.45, 7) is 29.3. The molecule has 0 unspecified atom stereocenters. The predicted molar refractivity (Wildman–Crippen MR) is 41.2 cm³/mol. The van der Waals surface area contributed by atoms with Crippen LogP contribution in [-0.4, -0.2) is 0 Å². The van der Waals surface area contributed by atoms with Crippen LogP contribution in [0.15, 0.2) is 11.8 Å². The number of nitrogens with zero attached hydrogens (tertiary/aromatic N) is 1. The second-order valence-electron chi connectivity index (χ2n) is 0.936. The molecule has 0 aromatic rings. The van der Waals surface area contributed by atoms with Crippen molar-refractivity contribution in [1.29, 1.82) is 0 Å². The molecule has 0 saturated heterocycles. The molecule has 0 aliphatic rings. The Morgan fingerprint density at radius 1 is 0.778 bits per heavy atom. The van der Waals surface area contributed by atoms with Gasteiger partial charge >= 0.3 is 62.5 Å². The van der Waals surface area contributed by atoms with Crippen LogP contribution in [-0.2, 0) is 40.6 Å². The summed E-state index contributed by atoms with van der Waals surface area (Å²) < 4.78 is 60.3. The SMILES string of the molecule is [C-]#[N+]/C(F)=C(\C)F.[C-]#[O+].[C-]#[O+].[C-]#[O+].[C-]#[O+].[C-]#[O+].[Cr]. The third-order valence-electron chi connectivity index (χ3n) is 0.382. The Bertz CT molecular complexity index is 273. The molecule has 0 amide bonds. The molecule has 0 aliphatic carbocycles. The molecule has 0 aromatic heterocycles. The van der Waals surface area contributed by atoms with Gasteiger partial charge in [0.1, 0.15) is 5.83 Å². The molecule has 0 fully saturated rings. The van der Waals surface area contributed by atoms with E-state index in [1.807, 2.05) is 0 Å². The average molecular weight is 295 g/mol. The van der Waals surface area contributed by atoms with E-state index in [2.05, 4.69) is 38.1 Å². The first-order valence-corrected chi connectivity index (χ1v) is 2.60. The molecule has 0 bridgehead atoms. The summed E-state index contributed by atoms with van der Waals surface area (Å²) in [6, 6.07) is 0. The topological polar surface area (TPSA) is 104 Å². The average Bonchev–Trinajstić information content (AvgIpc) is 2.48. The Morgan fingerprint density at radius 2 is 0.944 bits per heavy atom. The molecule has 0 atom stereocenters. The quantitative estimate of drug-likeness (QED) is 0.369. The van der Waals surface area contributed by atoms with Gasteiger partial charge in [0, 0.05) is 17.4 Å². The zero-order valence-electron chi connectivity index (χ0n) is 8.65. The Hall–Kier alpha value is -1.68. The minimum absolute atomic E-state index is 0. The molecule has 18 heavy (non-hydrogen) atoms. The monoisotopic (exact) mass is 295 g/mol. The smallest absolute Gasteiger partial charge is 0 e. The minimum atomic E-state index is -1.36. The van der Waals surface area contributed by atoms with Crippen LogP contribution in [0.2, 0.25) is 0 Å². The maximum atomic E-state index is 11.4. The molecule has 6 nitrogen and oxygen atoms in total. The van der Waals surface area contributed by atoms with Gasteiger partial charge in [-0.15, -0.1) is 0 Å². The molecule has 0 spiro atoms. The van der Waals surface area contributed by atoms with Crippen LogP contribution in [0.3, 0.4) is 0 Å². The third kappa shape index (κ3) is 136. The van der Waals surface area contributed by atoms with Gasteiger partial charge in [0.2, 0.25) is 0 Å². The maximum absolute atomic E-state index is 11.4. The van der Waals surface area contributed by atoms with Crippen LogP contribution in [0, 0.1) is 39.8 Å². The first kappa shape index (κ1) is 44.1. The van der Waals surface area contributed by atoms with Crippen molar-refractivity contribution in [2.45, 2.75) is 6.92 Å². The molecule has 0 N–H and O–H groups in total. The number of allylic oxidation sites excluding steroid dienone is 1. The molecular formula is C9H3CrF2NO5. The van der Waals surface area contributed by atoms with Gasteiger partial charge in [0.15, 0.2) is 0 Å². The summed E-state index contributed by atoms with van der Waals surface area (Å²) in [7, 11) is 0. The van der Waals surface area contributed by atoms with Gasteiger partial charge in [0.25, 0.3) is 0 Å². The largest absolute Gasteiger partial charge is 0 e. The summed E-state index contributed by atoms with van der Waals surface area (Å²) in [6.07, 6.45) is 0. The molecule has 0 aromatic carbocycles. The van der Waals surface area contributed by atoms with Crippen LogP contribution >= 0.6 is 0 Å². The predicted octanol–water partition coefficient (Wildman–Crippen LogP) is 1.84. The van der Waals surface area contributed by atoms with Crippen LogP contribution < -0.4 is 0 Å². The van der Waals surface area contributed by atoms with E-state index in [1.165, 1.54) is 0 Å². The van der Waals surface area contributed by atoms with Crippen molar-refractivity contribution in [1.82, 2.24) is 0 Å². The normalized spacial score (nSPS) is 5.33. The summed E-state index contributed by atoms with van der Waals surface area (Å²) in [4.78, 5) is 2.18. The zero-order valence-corrected chi connectivity index (χ0v) is 9.93. The van der Waals surface area contributed by atoms with Crippen molar-refractivity contribution < 1.29 is 49.4 Å². The first-order valence-electron chi connectivity index (χ1n) is 2.60. The van der Waals surface area contributed by atoms with Gasteiger partial charge in [-0.3, -0.25) is 0 Å². The minimum Gasteiger partial charge on any atom is 0 e. The molecule has 0 saturated carbocycles. The van der Waals surface area contributed by atoms with E-state index >= 15 is 0 Å². The summed E-state index contributed by atoms with van der Waals surface area (Å²) in [5, 5.41) is 0. The van der Waals surface area contributed by atoms with E-state index in [0.717, 1.165) is 6.92 Å². The Balaban J connectivity index is -0.0000000189.